The maximum atomic E-state index is 12.4. The number of carbonyl (C=O) groups excluding carboxylic acids is 1. The zero-order valence-electron chi connectivity index (χ0n) is 10.4. The van der Waals surface area contributed by atoms with E-state index in [1.54, 1.807) is 0 Å². The number of rotatable bonds is 4. The predicted molar refractivity (Wildman–Crippen MR) is 72.7 cm³/mol. The molecule has 0 N–H and O–H groups in total. The first-order valence-electron chi connectivity index (χ1n) is 6.20. The van der Waals surface area contributed by atoms with Crippen molar-refractivity contribution in [3.63, 3.8) is 0 Å². The van der Waals surface area contributed by atoms with E-state index in [-0.39, 0.29) is 5.91 Å². The highest BCUT2D eigenvalue weighted by Crippen LogP contribution is 2.30. The van der Waals surface area contributed by atoms with Gasteiger partial charge in [0.15, 0.2) is 0 Å². The quantitative estimate of drug-likeness (QED) is 0.813. The van der Waals surface area contributed by atoms with Crippen LogP contribution in [0, 0.1) is 12.8 Å². The number of hydrogen-bond donors (Lipinski definition) is 1. The van der Waals surface area contributed by atoms with Crippen LogP contribution in [0.5, 0.6) is 0 Å². The van der Waals surface area contributed by atoms with Crippen molar-refractivity contribution < 1.29 is 4.79 Å². The lowest BCUT2D eigenvalue weighted by atomic mass is 10.1. The van der Waals surface area contributed by atoms with Crippen LogP contribution >= 0.6 is 12.6 Å². The number of amides is 1. The van der Waals surface area contributed by atoms with Gasteiger partial charge in [-0.1, -0.05) is 6.07 Å². The molecule has 92 valence electrons. The van der Waals surface area contributed by atoms with E-state index < -0.39 is 0 Å². The normalized spacial score (nSPS) is 14.8. The van der Waals surface area contributed by atoms with Gasteiger partial charge in [-0.25, -0.2) is 0 Å². The highest BCUT2D eigenvalue weighted by molar-refractivity contribution is 7.80. The van der Waals surface area contributed by atoms with Crippen LogP contribution in [0.4, 0.5) is 0 Å². The van der Waals surface area contributed by atoms with Gasteiger partial charge < -0.3 is 4.90 Å². The van der Waals surface area contributed by atoms with Gasteiger partial charge in [-0.15, -0.1) is 12.6 Å². The summed E-state index contributed by atoms with van der Waals surface area (Å²) < 4.78 is 0. The number of nitrogens with zero attached hydrogens (tertiary/aromatic N) is 1. The monoisotopic (exact) mass is 249 g/mol. The average Bonchev–Trinajstić information content (AvgIpc) is 3.12. The molecule has 0 unspecified atom stereocenters. The topological polar surface area (TPSA) is 20.3 Å². The van der Waals surface area contributed by atoms with Gasteiger partial charge in [0.2, 0.25) is 0 Å². The molecule has 17 heavy (non-hydrogen) atoms. The van der Waals surface area contributed by atoms with Crippen LogP contribution in [0.1, 0.15) is 35.7 Å². The van der Waals surface area contributed by atoms with Crippen molar-refractivity contribution in [3.8, 4) is 0 Å². The molecule has 0 aliphatic heterocycles. The number of benzene rings is 1. The Morgan fingerprint density at radius 1 is 1.47 bits per heavy atom. The molecule has 3 heteroatoms. The molecule has 1 fully saturated rings. The standard InChI is InChI=1S/C14H19NOS/c1-3-15(9-11-5-6-11)14(16)13-8-12(17)7-4-10(13)2/h4,7-8,11,17H,3,5-6,9H2,1-2H3. The molecule has 0 heterocycles. The van der Waals surface area contributed by atoms with Gasteiger partial charge in [-0.05, 0) is 50.3 Å². The van der Waals surface area contributed by atoms with Crippen molar-refractivity contribution in [1.82, 2.24) is 4.90 Å². The minimum Gasteiger partial charge on any atom is -0.339 e. The summed E-state index contributed by atoms with van der Waals surface area (Å²) >= 11 is 4.31. The molecule has 0 spiro atoms. The number of carbonyl (C=O) groups is 1. The maximum absolute atomic E-state index is 12.4. The third-order valence-electron chi connectivity index (χ3n) is 3.30. The molecule has 0 aromatic heterocycles. The van der Waals surface area contributed by atoms with E-state index in [2.05, 4.69) is 12.6 Å². The van der Waals surface area contributed by atoms with E-state index >= 15 is 0 Å². The summed E-state index contributed by atoms with van der Waals surface area (Å²) in [6.45, 7) is 5.71. The summed E-state index contributed by atoms with van der Waals surface area (Å²) in [4.78, 5) is 15.2. The van der Waals surface area contributed by atoms with E-state index in [1.165, 1.54) is 12.8 Å². The van der Waals surface area contributed by atoms with E-state index in [1.807, 2.05) is 36.9 Å². The molecule has 1 saturated carbocycles. The molecule has 2 rings (SSSR count). The molecular weight excluding hydrogens is 230 g/mol. The van der Waals surface area contributed by atoms with Gasteiger partial charge in [0, 0.05) is 23.5 Å². The minimum atomic E-state index is 0.146. The fourth-order valence-corrected chi connectivity index (χ4v) is 2.18. The van der Waals surface area contributed by atoms with Crippen molar-refractivity contribution in [2.24, 2.45) is 5.92 Å². The Labute approximate surface area is 108 Å². The van der Waals surface area contributed by atoms with E-state index in [9.17, 15) is 4.79 Å². The Hall–Kier alpha value is -0.960. The van der Waals surface area contributed by atoms with Crippen LogP contribution in [-0.2, 0) is 0 Å². The largest absolute Gasteiger partial charge is 0.339 e. The molecule has 1 aliphatic carbocycles. The van der Waals surface area contributed by atoms with Gasteiger partial charge in [-0.3, -0.25) is 4.79 Å². The van der Waals surface area contributed by atoms with Gasteiger partial charge in [-0.2, -0.15) is 0 Å². The first-order valence-corrected chi connectivity index (χ1v) is 6.65. The molecule has 1 aliphatic rings. The highest BCUT2D eigenvalue weighted by atomic mass is 32.1. The van der Waals surface area contributed by atoms with Gasteiger partial charge in [0.05, 0.1) is 0 Å². The summed E-state index contributed by atoms with van der Waals surface area (Å²) in [5, 5.41) is 0. The van der Waals surface area contributed by atoms with Crippen molar-refractivity contribution >= 4 is 18.5 Å². The summed E-state index contributed by atoms with van der Waals surface area (Å²) in [5.41, 5.74) is 1.82. The highest BCUT2D eigenvalue weighted by Gasteiger charge is 2.26. The SMILES string of the molecule is CCN(CC1CC1)C(=O)c1cc(S)ccc1C. The van der Waals surface area contributed by atoms with Crippen LogP contribution in [-0.4, -0.2) is 23.9 Å². The van der Waals surface area contributed by atoms with Crippen molar-refractivity contribution in [3.05, 3.63) is 29.3 Å². The van der Waals surface area contributed by atoms with Gasteiger partial charge in [0.25, 0.3) is 5.91 Å². The second-order valence-corrected chi connectivity index (χ2v) is 5.30. The predicted octanol–water partition coefficient (Wildman–Crippen LogP) is 3.16. The van der Waals surface area contributed by atoms with Crippen molar-refractivity contribution in [2.45, 2.75) is 31.6 Å². The van der Waals surface area contributed by atoms with Crippen LogP contribution in [0.2, 0.25) is 0 Å². The molecule has 1 amide bonds. The van der Waals surface area contributed by atoms with Crippen molar-refractivity contribution in [1.29, 1.82) is 0 Å². The number of thiol groups is 1. The Bertz CT molecular complexity index is 426. The Morgan fingerprint density at radius 3 is 2.76 bits per heavy atom. The molecule has 2 nitrogen and oxygen atoms in total. The van der Waals surface area contributed by atoms with Gasteiger partial charge in [0.1, 0.15) is 0 Å². The molecule has 0 saturated heterocycles. The smallest absolute Gasteiger partial charge is 0.254 e. The molecule has 0 bridgehead atoms. The second-order valence-electron chi connectivity index (χ2n) is 4.79. The zero-order chi connectivity index (χ0) is 12.4. The molecule has 0 atom stereocenters. The average molecular weight is 249 g/mol. The minimum absolute atomic E-state index is 0.146. The third-order valence-corrected chi connectivity index (χ3v) is 3.57. The summed E-state index contributed by atoms with van der Waals surface area (Å²) in [6.07, 6.45) is 2.55. The first-order chi connectivity index (χ1) is 8.11. The fourth-order valence-electron chi connectivity index (χ4n) is 1.98. The molecule has 1 aromatic carbocycles. The molecule has 1 aromatic rings. The van der Waals surface area contributed by atoms with E-state index in [4.69, 9.17) is 0 Å². The summed E-state index contributed by atoms with van der Waals surface area (Å²) in [6, 6.07) is 5.75. The molecular formula is C14H19NOS. The zero-order valence-corrected chi connectivity index (χ0v) is 11.3. The summed E-state index contributed by atoms with van der Waals surface area (Å²) in [5.74, 6) is 0.881. The van der Waals surface area contributed by atoms with Crippen LogP contribution in [0.25, 0.3) is 0 Å². The van der Waals surface area contributed by atoms with E-state index in [0.29, 0.717) is 0 Å². The van der Waals surface area contributed by atoms with Gasteiger partial charge >= 0.3 is 0 Å². The van der Waals surface area contributed by atoms with Crippen LogP contribution in [0.15, 0.2) is 23.1 Å². The lowest BCUT2D eigenvalue weighted by Crippen LogP contribution is -2.33. The number of aryl methyl sites for hydroxylation is 1. The summed E-state index contributed by atoms with van der Waals surface area (Å²) in [7, 11) is 0. The Morgan fingerprint density at radius 2 is 2.18 bits per heavy atom. The van der Waals surface area contributed by atoms with Crippen molar-refractivity contribution in [2.75, 3.05) is 13.1 Å². The lowest BCUT2D eigenvalue weighted by molar-refractivity contribution is 0.0756. The third kappa shape index (κ3) is 3.03. The second kappa shape index (κ2) is 5.13. The fraction of sp³-hybridized carbons (Fsp3) is 0.500. The van der Waals surface area contributed by atoms with Crippen LogP contribution in [0.3, 0.4) is 0 Å². The maximum Gasteiger partial charge on any atom is 0.254 e. The van der Waals surface area contributed by atoms with Crippen LogP contribution < -0.4 is 0 Å². The lowest BCUT2D eigenvalue weighted by Gasteiger charge is -2.21. The van der Waals surface area contributed by atoms with E-state index in [0.717, 1.165) is 35.0 Å². The Kier molecular flexibility index (Phi) is 3.77. The number of hydrogen-bond acceptors (Lipinski definition) is 2. The first kappa shape index (κ1) is 12.5. The Balaban J connectivity index is 2.18. The molecule has 0 radical (unpaired) electrons.